The maximum absolute atomic E-state index is 13.5. The van der Waals surface area contributed by atoms with Crippen molar-refractivity contribution in [2.75, 3.05) is 5.32 Å². The first kappa shape index (κ1) is 16.5. The Balaban J connectivity index is 2.81. The number of nitro groups is 1. The van der Waals surface area contributed by atoms with Crippen LogP contribution < -0.4 is 5.32 Å². The molecular weight excluding hydrogens is 283 g/mol. The molecule has 1 amide bonds. The highest BCUT2D eigenvalue weighted by Gasteiger charge is 2.25. The van der Waals surface area contributed by atoms with Gasteiger partial charge in [0.1, 0.15) is 5.82 Å². The van der Waals surface area contributed by atoms with E-state index < -0.39 is 28.0 Å². The van der Waals surface area contributed by atoms with Crippen LogP contribution in [0.15, 0.2) is 18.2 Å². The first-order valence-electron chi connectivity index (χ1n) is 6.06. The number of aliphatic carboxylic acids is 1. The predicted octanol–water partition coefficient (Wildman–Crippen LogP) is 2.56. The fourth-order valence-electron chi connectivity index (χ4n) is 1.82. The second kappa shape index (κ2) is 6.29. The number of nitrogens with zero attached hydrogens (tertiary/aromatic N) is 1. The van der Waals surface area contributed by atoms with Crippen molar-refractivity contribution in [3.8, 4) is 0 Å². The lowest BCUT2D eigenvalue weighted by atomic mass is 9.85. The monoisotopic (exact) mass is 298 g/mol. The highest BCUT2D eigenvalue weighted by molar-refractivity contribution is 5.91. The molecule has 1 aromatic rings. The Morgan fingerprint density at radius 1 is 1.38 bits per heavy atom. The molecule has 0 fully saturated rings. The molecule has 0 saturated carbocycles. The summed E-state index contributed by atoms with van der Waals surface area (Å²) < 4.78 is 13.5. The molecule has 21 heavy (non-hydrogen) atoms. The number of nitro benzene ring substituents is 1. The summed E-state index contributed by atoms with van der Waals surface area (Å²) in [6.45, 7) is 3.18. The lowest BCUT2D eigenvalue weighted by Gasteiger charge is -2.21. The first-order chi connectivity index (χ1) is 9.60. The Morgan fingerprint density at radius 2 is 2.00 bits per heavy atom. The number of carbonyl (C=O) groups is 2. The van der Waals surface area contributed by atoms with E-state index in [-0.39, 0.29) is 24.2 Å². The number of carbonyl (C=O) groups excluding carboxylic acids is 1. The van der Waals surface area contributed by atoms with Crippen molar-refractivity contribution in [1.29, 1.82) is 0 Å². The molecule has 7 nitrogen and oxygen atoms in total. The minimum Gasteiger partial charge on any atom is -0.481 e. The summed E-state index contributed by atoms with van der Waals surface area (Å²) in [5.74, 6) is -2.46. The largest absolute Gasteiger partial charge is 0.481 e. The minimum absolute atomic E-state index is 0.151. The summed E-state index contributed by atoms with van der Waals surface area (Å²) in [5, 5.41) is 21.6. The number of benzene rings is 1. The summed E-state index contributed by atoms with van der Waals surface area (Å²) in [7, 11) is 0. The van der Waals surface area contributed by atoms with Crippen LogP contribution in [0.5, 0.6) is 0 Å². The van der Waals surface area contributed by atoms with Crippen LogP contribution in [0.3, 0.4) is 0 Å². The van der Waals surface area contributed by atoms with Gasteiger partial charge in [0.2, 0.25) is 5.91 Å². The number of carboxylic acid groups (broad SMARTS) is 1. The van der Waals surface area contributed by atoms with Crippen LogP contribution in [0.25, 0.3) is 0 Å². The average Bonchev–Trinajstić information content (AvgIpc) is 2.28. The first-order valence-corrected chi connectivity index (χ1v) is 6.06. The van der Waals surface area contributed by atoms with E-state index in [1.165, 1.54) is 0 Å². The summed E-state index contributed by atoms with van der Waals surface area (Å²) in [6.07, 6.45) is -0.376. The van der Waals surface area contributed by atoms with Gasteiger partial charge in [-0.2, -0.15) is 0 Å². The SMILES string of the molecule is CC(C)(CC(=O)O)CC(=O)Nc1cc([N+](=O)[O-])ccc1F. The van der Waals surface area contributed by atoms with E-state index in [9.17, 15) is 24.1 Å². The van der Waals surface area contributed by atoms with Gasteiger partial charge in [-0.05, 0) is 11.5 Å². The summed E-state index contributed by atoms with van der Waals surface area (Å²) in [6, 6.07) is 2.78. The molecule has 0 bridgehead atoms. The molecule has 0 aromatic heterocycles. The number of halogens is 1. The van der Waals surface area contributed by atoms with Crippen LogP contribution in [-0.4, -0.2) is 21.9 Å². The third-order valence-corrected chi connectivity index (χ3v) is 2.70. The van der Waals surface area contributed by atoms with Gasteiger partial charge in [-0.25, -0.2) is 4.39 Å². The standard InChI is InChI=1S/C13H15FN2O5/c1-13(2,7-12(18)19)6-11(17)15-10-5-8(16(20)21)3-4-9(10)14/h3-5H,6-7H2,1-2H3,(H,15,17)(H,18,19). The van der Waals surface area contributed by atoms with Crippen molar-refractivity contribution in [3.05, 3.63) is 34.1 Å². The molecule has 0 aliphatic carbocycles. The molecule has 0 heterocycles. The Bertz CT molecular complexity index is 586. The summed E-state index contributed by atoms with van der Waals surface area (Å²) in [5.41, 5.74) is -1.47. The molecule has 0 atom stereocenters. The quantitative estimate of drug-likeness (QED) is 0.619. The van der Waals surface area contributed by atoms with Gasteiger partial charge < -0.3 is 10.4 Å². The predicted molar refractivity (Wildman–Crippen MR) is 72.3 cm³/mol. The molecule has 0 unspecified atom stereocenters. The minimum atomic E-state index is -1.05. The number of nitrogens with one attached hydrogen (secondary N) is 1. The molecule has 2 N–H and O–H groups in total. The van der Waals surface area contributed by atoms with Gasteiger partial charge in [-0.1, -0.05) is 13.8 Å². The van der Waals surface area contributed by atoms with Gasteiger partial charge in [-0.15, -0.1) is 0 Å². The molecule has 0 spiro atoms. The fraction of sp³-hybridized carbons (Fsp3) is 0.385. The van der Waals surface area contributed by atoms with Crippen LogP contribution in [0.4, 0.5) is 15.8 Å². The second-order valence-electron chi connectivity index (χ2n) is 5.38. The summed E-state index contributed by atoms with van der Waals surface area (Å²) in [4.78, 5) is 32.4. The van der Waals surface area contributed by atoms with E-state index in [1.54, 1.807) is 13.8 Å². The Morgan fingerprint density at radius 3 is 2.52 bits per heavy atom. The van der Waals surface area contributed by atoms with Crippen molar-refractivity contribution in [2.24, 2.45) is 5.41 Å². The smallest absolute Gasteiger partial charge is 0.303 e. The molecule has 8 heteroatoms. The highest BCUT2D eigenvalue weighted by Crippen LogP contribution is 2.27. The zero-order valence-electron chi connectivity index (χ0n) is 11.6. The van der Waals surface area contributed by atoms with Crippen molar-refractivity contribution in [3.63, 3.8) is 0 Å². The zero-order valence-corrected chi connectivity index (χ0v) is 11.6. The number of hydrogen-bond donors (Lipinski definition) is 2. The van der Waals surface area contributed by atoms with Gasteiger partial charge in [-0.3, -0.25) is 19.7 Å². The molecule has 0 saturated heterocycles. The van der Waals surface area contributed by atoms with Crippen molar-refractivity contribution in [1.82, 2.24) is 0 Å². The molecule has 0 aliphatic heterocycles. The Labute approximate surface area is 119 Å². The maximum Gasteiger partial charge on any atom is 0.303 e. The molecule has 1 aromatic carbocycles. The number of anilines is 1. The Hall–Kier alpha value is -2.51. The number of amides is 1. The van der Waals surface area contributed by atoms with E-state index in [4.69, 9.17) is 5.11 Å². The molecule has 0 radical (unpaired) electrons. The third kappa shape index (κ3) is 5.17. The van der Waals surface area contributed by atoms with E-state index >= 15 is 0 Å². The fourth-order valence-corrected chi connectivity index (χ4v) is 1.82. The van der Waals surface area contributed by atoms with Crippen molar-refractivity contribution >= 4 is 23.3 Å². The van der Waals surface area contributed by atoms with Gasteiger partial charge in [0, 0.05) is 18.6 Å². The van der Waals surface area contributed by atoms with Crippen LogP contribution in [-0.2, 0) is 9.59 Å². The number of carboxylic acids is 1. The maximum atomic E-state index is 13.5. The van der Waals surface area contributed by atoms with E-state index in [2.05, 4.69) is 5.32 Å². The zero-order chi connectivity index (χ0) is 16.2. The van der Waals surface area contributed by atoms with Crippen LogP contribution in [0, 0.1) is 21.3 Å². The second-order valence-corrected chi connectivity index (χ2v) is 5.38. The van der Waals surface area contributed by atoms with Gasteiger partial charge >= 0.3 is 5.97 Å². The molecule has 114 valence electrons. The number of non-ortho nitro benzene ring substituents is 1. The Kier molecular flexibility index (Phi) is 4.96. The van der Waals surface area contributed by atoms with E-state index in [0.29, 0.717) is 0 Å². The molecular formula is C13H15FN2O5. The highest BCUT2D eigenvalue weighted by atomic mass is 19.1. The van der Waals surface area contributed by atoms with E-state index in [0.717, 1.165) is 18.2 Å². The van der Waals surface area contributed by atoms with Gasteiger partial charge in [0.15, 0.2) is 0 Å². The number of rotatable bonds is 6. The average molecular weight is 298 g/mol. The molecule has 0 aliphatic rings. The van der Waals surface area contributed by atoms with E-state index in [1.807, 2.05) is 0 Å². The van der Waals surface area contributed by atoms with Crippen LogP contribution in [0.1, 0.15) is 26.7 Å². The number of hydrogen-bond acceptors (Lipinski definition) is 4. The van der Waals surface area contributed by atoms with Crippen LogP contribution >= 0.6 is 0 Å². The van der Waals surface area contributed by atoms with Gasteiger partial charge in [0.05, 0.1) is 17.0 Å². The summed E-state index contributed by atoms with van der Waals surface area (Å²) >= 11 is 0. The van der Waals surface area contributed by atoms with Crippen molar-refractivity contribution in [2.45, 2.75) is 26.7 Å². The molecule has 1 rings (SSSR count). The lowest BCUT2D eigenvalue weighted by Crippen LogP contribution is -2.25. The van der Waals surface area contributed by atoms with Gasteiger partial charge in [0.25, 0.3) is 5.69 Å². The third-order valence-electron chi connectivity index (χ3n) is 2.70. The topological polar surface area (TPSA) is 110 Å². The van der Waals surface area contributed by atoms with Crippen molar-refractivity contribution < 1.29 is 24.0 Å². The normalized spacial score (nSPS) is 11.0. The van der Waals surface area contributed by atoms with Crippen LogP contribution in [0.2, 0.25) is 0 Å². The lowest BCUT2D eigenvalue weighted by molar-refractivity contribution is -0.384.